The Morgan fingerprint density at radius 2 is 1.95 bits per heavy atom. The lowest BCUT2D eigenvalue weighted by Crippen LogP contribution is -2.13. The topological polar surface area (TPSA) is 90.1 Å². The summed E-state index contributed by atoms with van der Waals surface area (Å²) in [5.74, 6) is 0.350. The average Bonchev–Trinajstić information content (AvgIpc) is 2.42. The number of rotatable bonds is 5. The van der Waals surface area contributed by atoms with Gasteiger partial charge in [0.05, 0.1) is 0 Å². The molecule has 1 heterocycles. The highest BCUT2D eigenvalue weighted by molar-refractivity contribution is 5.90. The molecule has 0 fully saturated rings. The van der Waals surface area contributed by atoms with Crippen LogP contribution in [0.25, 0.3) is 0 Å². The number of ether oxygens (including phenoxy) is 1. The number of amides is 1. The summed E-state index contributed by atoms with van der Waals surface area (Å²) in [5, 5.41) is 10.5. The van der Waals surface area contributed by atoms with Gasteiger partial charge in [0, 0.05) is 12.6 Å². The number of primary amides is 1. The fraction of sp³-hybridized carbons (Fsp3) is 0.154. The first-order valence-electron chi connectivity index (χ1n) is 5.74. The summed E-state index contributed by atoms with van der Waals surface area (Å²) in [6, 6.07) is 10.6. The third-order valence-electron chi connectivity index (χ3n) is 2.42. The van der Waals surface area contributed by atoms with Crippen molar-refractivity contribution in [1.82, 2.24) is 15.5 Å². The van der Waals surface area contributed by atoms with Gasteiger partial charge in [-0.1, -0.05) is 12.1 Å². The van der Waals surface area contributed by atoms with Crippen LogP contribution in [0.4, 0.5) is 0 Å². The highest BCUT2D eigenvalue weighted by Crippen LogP contribution is 2.19. The predicted octanol–water partition coefficient (Wildman–Crippen LogP) is 1.09. The van der Waals surface area contributed by atoms with Crippen LogP contribution in [-0.4, -0.2) is 23.2 Å². The molecule has 6 nitrogen and oxygen atoms in total. The number of carbonyl (C=O) groups excluding carboxylic acids is 1. The van der Waals surface area contributed by atoms with E-state index in [9.17, 15) is 4.79 Å². The van der Waals surface area contributed by atoms with Crippen molar-refractivity contribution in [2.45, 2.75) is 6.54 Å². The van der Waals surface area contributed by atoms with Crippen LogP contribution in [0.3, 0.4) is 0 Å². The van der Waals surface area contributed by atoms with Gasteiger partial charge in [0.25, 0.3) is 5.91 Å². The number of hydrogen-bond donors (Lipinski definition) is 2. The molecule has 1 aromatic carbocycles. The second-order valence-corrected chi connectivity index (χ2v) is 3.90. The van der Waals surface area contributed by atoms with Crippen LogP contribution in [-0.2, 0) is 6.54 Å². The maximum Gasteiger partial charge on any atom is 0.269 e. The molecule has 3 N–H and O–H groups in total. The van der Waals surface area contributed by atoms with Gasteiger partial charge in [0.15, 0.2) is 5.69 Å². The molecule has 0 radical (unpaired) electrons. The van der Waals surface area contributed by atoms with E-state index in [0.29, 0.717) is 11.6 Å². The summed E-state index contributed by atoms with van der Waals surface area (Å²) in [6.45, 7) is 0.799. The number of nitrogens with zero attached hydrogens (tertiary/aromatic N) is 2. The van der Waals surface area contributed by atoms with Crippen LogP contribution in [0.15, 0.2) is 36.4 Å². The van der Waals surface area contributed by atoms with Gasteiger partial charge >= 0.3 is 0 Å². The van der Waals surface area contributed by atoms with Crippen LogP contribution in [0, 0.1) is 0 Å². The molecule has 0 aliphatic rings. The van der Waals surface area contributed by atoms with Crippen molar-refractivity contribution in [2.24, 2.45) is 5.73 Å². The molecule has 1 amide bonds. The van der Waals surface area contributed by atoms with Gasteiger partial charge < -0.3 is 15.8 Å². The van der Waals surface area contributed by atoms with Gasteiger partial charge in [0.1, 0.15) is 5.75 Å². The standard InChI is InChI=1S/C13H14N4O2/c1-15-8-9-2-4-10(5-3-9)19-12-7-6-11(13(14)18)16-17-12/h2-7,15H,8H2,1H3,(H2,14,18). The van der Waals surface area contributed by atoms with Crippen LogP contribution < -0.4 is 15.8 Å². The minimum absolute atomic E-state index is 0.108. The molecule has 0 saturated heterocycles. The van der Waals surface area contributed by atoms with Crippen LogP contribution in [0.1, 0.15) is 16.1 Å². The van der Waals surface area contributed by atoms with Gasteiger partial charge in [-0.05, 0) is 30.8 Å². The van der Waals surface area contributed by atoms with Gasteiger partial charge in [0.2, 0.25) is 5.88 Å². The van der Waals surface area contributed by atoms with Crippen LogP contribution >= 0.6 is 0 Å². The summed E-state index contributed by atoms with van der Waals surface area (Å²) in [6.07, 6.45) is 0. The van der Waals surface area contributed by atoms with Crippen molar-refractivity contribution in [2.75, 3.05) is 7.05 Å². The first-order chi connectivity index (χ1) is 9.19. The molecular weight excluding hydrogens is 244 g/mol. The smallest absolute Gasteiger partial charge is 0.269 e. The van der Waals surface area contributed by atoms with Crippen LogP contribution in [0.2, 0.25) is 0 Å². The SMILES string of the molecule is CNCc1ccc(Oc2ccc(C(N)=O)nn2)cc1. The lowest BCUT2D eigenvalue weighted by Gasteiger charge is -2.05. The van der Waals surface area contributed by atoms with E-state index in [1.165, 1.54) is 6.07 Å². The number of nitrogens with one attached hydrogen (secondary N) is 1. The normalized spacial score (nSPS) is 10.2. The Balaban J connectivity index is 2.06. The Labute approximate surface area is 110 Å². The summed E-state index contributed by atoms with van der Waals surface area (Å²) in [7, 11) is 1.89. The molecule has 0 saturated carbocycles. The number of carbonyl (C=O) groups is 1. The zero-order chi connectivity index (χ0) is 13.7. The number of nitrogens with two attached hydrogens (primary N) is 1. The number of aromatic nitrogens is 2. The van der Waals surface area contributed by atoms with Crippen molar-refractivity contribution >= 4 is 5.91 Å². The molecule has 0 spiro atoms. The van der Waals surface area contributed by atoms with Crippen molar-refractivity contribution in [3.8, 4) is 11.6 Å². The second kappa shape index (κ2) is 5.92. The molecule has 0 bridgehead atoms. The van der Waals surface area contributed by atoms with E-state index in [4.69, 9.17) is 10.5 Å². The largest absolute Gasteiger partial charge is 0.438 e. The Morgan fingerprint density at radius 3 is 2.47 bits per heavy atom. The molecule has 0 atom stereocenters. The van der Waals surface area contributed by atoms with Crippen molar-refractivity contribution in [1.29, 1.82) is 0 Å². The van der Waals surface area contributed by atoms with E-state index in [1.54, 1.807) is 6.07 Å². The second-order valence-electron chi connectivity index (χ2n) is 3.90. The highest BCUT2D eigenvalue weighted by atomic mass is 16.5. The van der Waals surface area contributed by atoms with Crippen molar-refractivity contribution in [3.05, 3.63) is 47.7 Å². The average molecular weight is 258 g/mol. The predicted molar refractivity (Wildman–Crippen MR) is 69.8 cm³/mol. The summed E-state index contributed by atoms with van der Waals surface area (Å²) in [5.41, 5.74) is 6.34. The minimum atomic E-state index is -0.615. The molecule has 0 aliphatic carbocycles. The lowest BCUT2D eigenvalue weighted by molar-refractivity contribution is 0.0994. The molecule has 2 rings (SSSR count). The summed E-state index contributed by atoms with van der Waals surface area (Å²) < 4.78 is 5.50. The number of benzene rings is 1. The molecule has 2 aromatic rings. The zero-order valence-electron chi connectivity index (χ0n) is 10.5. The Bertz CT molecular complexity index is 552. The molecular formula is C13H14N4O2. The maximum atomic E-state index is 10.8. The zero-order valence-corrected chi connectivity index (χ0v) is 10.5. The summed E-state index contributed by atoms with van der Waals surface area (Å²) >= 11 is 0. The lowest BCUT2D eigenvalue weighted by atomic mass is 10.2. The maximum absolute atomic E-state index is 10.8. The molecule has 19 heavy (non-hydrogen) atoms. The third-order valence-corrected chi connectivity index (χ3v) is 2.42. The van der Waals surface area contributed by atoms with Crippen molar-refractivity contribution < 1.29 is 9.53 Å². The Hall–Kier alpha value is -2.47. The molecule has 1 aromatic heterocycles. The number of hydrogen-bond acceptors (Lipinski definition) is 5. The van der Waals surface area contributed by atoms with E-state index < -0.39 is 5.91 Å². The summed E-state index contributed by atoms with van der Waals surface area (Å²) in [4.78, 5) is 10.8. The molecule has 0 aliphatic heterocycles. The minimum Gasteiger partial charge on any atom is -0.438 e. The highest BCUT2D eigenvalue weighted by Gasteiger charge is 2.04. The fourth-order valence-corrected chi connectivity index (χ4v) is 1.51. The van der Waals surface area contributed by atoms with Gasteiger partial charge in [-0.2, -0.15) is 0 Å². The monoisotopic (exact) mass is 258 g/mol. The van der Waals surface area contributed by atoms with Gasteiger partial charge in [-0.25, -0.2) is 0 Å². The quantitative estimate of drug-likeness (QED) is 0.837. The van der Waals surface area contributed by atoms with E-state index in [0.717, 1.165) is 12.1 Å². The fourth-order valence-electron chi connectivity index (χ4n) is 1.51. The van der Waals surface area contributed by atoms with Crippen LogP contribution in [0.5, 0.6) is 11.6 Å². The van der Waals surface area contributed by atoms with E-state index in [-0.39, 0.29) is 5.69 Å². The molecule has 6 heteroatoms. The molecule has 98 valence electrons. The molecule has 0 unspecified atom stereocenters. The Morgan fingerprint density at radius 1 is 1.21 bits per heavy atom. The van der Waals surface area contributed by atoms with Gasteiger partial charge in [-0.3, -0.25) is 4.79 Å². The van der Waals surface area contributed by atoms with Gasteiger partial charge in [-0.15, -0.1) is 10.2 Å². The van der Waals surface area contributed by atoms with Crippen molar-refractivity contribution in [3.63, 3.8) is 0 Å². The first kappa shape index (κ1) is 13.0. The first-order valence-corrected chi connectivity index (χ1v) is 5.74. The Kier molecular flexibility index (Phi) is 4.04. The van der Waals surface area contributed by atoms with E-state index in [1.807, 2.05) is 31.3 Å². The van der Waals surface area contributed by atoms with E-state index >= 15 is 0 Å². The third kappa shape index (κ3) is 3.49. The van der Waals surface area contributed by atoms with E-state index in [2.05, 4.69) is 15.5 Å².